The van der Waals surface area contributed by atoms with Gasteiger partial charge in [-0.15, -0.1) is 0 Å². The van der Waals surface area contributed by atoms with Crippen LogP contribution in [0.1, 0.15) is 87.2 Å². The van der Waals surface area contributed by atoms with Crippen LogP contribution in [0.2, 0.25) is 0 Å². The average molecular weight is 711 g/mol. The van der Waals surface area contributed by atoms with Gasteiger partial charge in [0.25, 0.3) is 0 Å². The van der Waals surface area contributed by atoms with Gasteiger partial charge in [0.1, 0.15) is 0 Å². The van der Waals surface area contributed by atoms with Gasteiger partial charge in [-0.25, -0.2) is 33.7 Å². The lowest BCUT2D eigenvalue weighted by Crippen LogP contribution is -2.69. The molecular weight excluding hydrogens is 669 g/mol. The van der Waals surface area contributed by atoms with Crippen molar-refractivity contribution in [1.29, 1.82) is 0 Å². The number of fused-ring (bicyclic) bond motifs is 2. The molecule has 3 heterocycles. The van der Waals surface area contributed by atoms with E-state index in [4.69, 9.17) is 0 Å². The molecule has 2 aromatic rings. The Balaban J connectivity index is 1.26. The van der Waals surface area contributed by atoms with Crippen molar-refractivity contribution < 1.29 is 33.7 Å². The molecule has 0 unspecified atom stereocenters. The van der Waals surface area contributed by atoms with Crippen LogP contribution in [-0.4, -0.2) is 89.5 Å². The minimum atomic E-state index is -4.39. The van der Waals surface area contributed by atoms with Gasteiger partial charge in [0.15, 0.2) is 19.7 Å². The molecule has 5 aliphatic rings. The highest BCUT2D eigenvalue weighted by atomic mass is 32.2. The van der Waals surface area contributed by atoms with E-state index in [2.05, 4.69) is 0 Å². The lowest BCUT2D eigenvalue weighted by molar-refractivity contribution is 0.0841. The molecule has 252 valence electrons. The van der Waals surface area contributed by atoms with E-state index in [1.807, 2.05) is 0 Å². The standard InChI is InChI=1S/C32H42N2O8S4/c35-43(36)19-29-31(21-43)34(46(41,42)28-17-13-26(14-18-28)24-9-5-2-6-10-24)32-22-44(37,38)20-30(32)33(29)45(39,40)27-15-11-25(12-16-27)23-7-3-1-4-8-23/h11-18,23-24,29-32H,1-10,19-22H2/t29-,30-,31-,32+/m0/s1. The monoisotopic (exact) mass is 710 g/mol. The van der Waals surface area contributed by atoms with E-state index in [0.717, 1.165) is 71.1 Å². The topological polar surface area (TPSA) is 143 Å². The lowest BCUT2D eigenvalue weighted by Gasteiger charge is -2.49. The Labute approximate surface area is 273 Å². The zero-order chi connectivity index (χ0) is 32.5. The van der Waals surface area contributed by atoms with Crippen molar-refractivity contribution in [3.63, 3.8) is 0 Å². The number of rotatable bonds is 6. The molecule has 0 radical (unpaired) electrons. The van der Waals surface area contributed by atoms with E-state index in [9.17, 15) is 33.7 Å². The molecule has 0 bridgehead atoms. The minimum Gasteiger partial charge on any atom is -0.229 e. The SMILES string of the molecule is O=S1(=O)C[C@@H]2[C@H](C1)N(S(=O)(=O)c1ccc(C3CCCCC3)cc1)[C@H]1CS(=O)(=O)C[C@@H]1N2S(=O)(=O)c1ccc(C2CCCCC2)cc1. The molecule has 46 heavy (non-hydrogen) atoms. The molecule has 0 N–H and O–H groups in total. The van der Waals surface area contributed by atoms with Crippen molar-refractivity contribution in [1.82, 2.24) is 8.61 Å². The van der Waals surface area contributed by atoms with Gasteiger partial charge in [-0.1, -0.05) is 62.8 Å². The molecule has 3 saturated heterocycles. The van der Waals surface area contributed by atoms with E-state index >= 15 is 0 Å². The lowest BCUT2D eigenvalue weighted by atomic mass is 9.84. The highest BCUT2D eigenvalue weighted by Crippen LogP contribution is 2.44. The molecule has 0 spiro atoms. The number of hydrogen-bond donors (Lipinski definition) is 0. The summed E-state index contributed by atoms with van der Waals surface area (Å²) in [4.78, 5) is -0.0967. The Morgan fingerprint density at radius 3 is 1.02 bits per heavy atom. The van der Waals surface area contributed by atoms with Crippen LogP contribution < -0.4 is 0 Å². The molecule has 4 atom stereocenters. The summed E-state index contributed by atoms with van der Waals surface area (Å²) < 4.78 is 112. The fourth-order valence-electron chi connectivity index (χ4n) is 8.74. The van der Waals surface area contributed by atoms with E-state index in [0.29, 0.717) is 11.8 Å². The second-order valence-corrected chi connectivity index (χ2v) is 21.9. The summed E-state index contributed by atoms with van der Waals surface area (Å²) in [5.74, 6) is -1.60. The summed E-state index contributed by atoms with van der Waals surface area (Å²) >= 11 is 0. The van der Waals surface area contributed by atoms with Crippen LogP contribution >= 0.6 is 0 Å². The molecule has 3 aliphatic heterocycles. The van der Waals surface area contributed by atoms with Crippen LogP contribution in [0.25, 0.3) is 0 Å². The van der Waals surface area contributed by atoms with E-state index < -0.39 is 86.9 Å². The molecule has 2 saturated carbocycles. The largest absolute Gasteiger partial charge is 0.243 e. The first kappa shape index (κ1) is 32.7. The van der Waals surface area contributed by atoms with Crippen molar-refractivity contribution in [2.24, 2.45) is 0 Å². The second kappa shape index (κ2) is 11.9. The molecule has 2 aliphatic carbocycles. The molecule has 0 aromatic heterocycles. The molecule has 2 aromatic carbocycles. The van der Waals surface area contributed by atoms with Gasteiger partial charge in [-0.3, -0.25) is 0 Å². The number of nitrogens with zero attached hydrogens (tertiary/aromatic N) is 2. The normalized spacial score (nSPS) is 31.0. The number of sulfonamides is 2. The zero-order valence-corrected chi connectivity index (χ0v) is 29.0. The van der Waals surface area contributed by atoms with Gasteiger partial charge >= 0.3 is 0 Å². The number of sulfone groups is 2. The molecule has 0 amide bonds. The van der Waals surface area contributed by atoms with Crippen molar-refractivity contribution in [3.8, 4) is 0 Å². The Morgan fingerprint density at radius 1 is 0.457 bits per heavy atom. The summed E-state index contributed by atoms with van der Waals surface area (Å²) in [6, 6.07) is 8.27. The van der Waals surface area contributed by atoms with Crippen LogP contribution in [0.4, 0.5) is 0 Å². The smallest absolute Gasteiger partial charge is 0.229 e. The molecule has 5 fully saturated rings. The summed E-state index contributed by atoms with van der Waals surface area (Å²) in [7, 11) is -16.5. The fourth-order valence-corrected chi connectivity index (χ4v) is 16.7. The van der Waals surface area contributed by atoms with E-state index in [1.54, 1.807) is 24.3 Å². The maximum Gasteiger partial charge on any atom is 0.243 e. The third-order valence-corrected chi connectivity index (χ3v) is 18.3. The van der Waals surface area contributed by atoms with Gasteiger partial charge < -0.3 is 0 Å². The molecule has 14 heteroatoms. The van der Waals surface area contributed by atoms with Gasteiger partial charge in [-0.2, -0.15) is 8.61 Å². The number of piperazine rings is 1. The van der Waals surface area contributed by atoms with E-state index in [1.165, 1.54) is 37.1 Å². The summed E-state index contributed by atoms with van der Waals surface area (Å²) in [5.41, 5.74) is 2.10. The van der Waals surface area contributed by atoms with Crippen LogP contribution in [0, 0.1) is 0 Å². The van der Waals surface area contributed by atoms with Gasteiger partial charge in [0.05, 0.1) is 57.0 Å². The summed E-state index contributed by atoms with van der Waals surface area (Å²) in [6.45, 7) is 0. The first-order chi connectivity index (χ1) is 21.8. The molecular formula is C32H42N2O8S4. The number of benzene rings is 2. The van der Waals surface area contributed by atoms with Crippen molar-refractivity contribution >= 4 is 39.7 Å². The van der Waals surface area contributed by atoms with Gasteiger partial charge in [-0.05, 0) is 72.9 Å². The summed E-state index contributed by atoms with van der Waals surface area (Å²) in [6.07, 6.45) is 11.0. The third kappa shape index (κ3) is 5.89. The van der Waals surface area contributed by atoms with Crippen LogP contribution in [0.15, 0.2) is 58.3 Å². The van der Waals surface area contributed by atoms with Gasteiger partial charge in [0.2, 0.25) is 20.0 Å². The minimum absolute atomic E-state index is 0.0484. The quantitative estimate of drug-likeness (QED) is 0.441. The van der Waals surface area contributed by atoms with Crippen LogP contribution in [0.3, 0.4) is 0 Å². The Morgan fingerprint density at radius 2 is 0.739 bits per heavy atom. The Bertz CT molecular complexity index is 1720. The van der Waals surface area contributed by atoms with Gasteiger partial charge in [0, 0.05) is 0 Å². The maximum atomic E-state index is 14.4. The molecule has 10 nitrogen and oxygen atoms in total. The van der Waals surface area contributed by atoms with Crippen molar-refractivity contribution in [2.75, 3.05) is 23.0 Å². The predicted octanol–water partition coefficient (Wildman–Crippen LogP) is 3.81. The van der Waals surface area contributed by atoms with E-state index in [-0.39, 0.29) is 9.79 Å². The third-order valence-electron chi connectivity index (χ3n) is 11.0. The zero-order valence-electron chi connectivity index (χ0n) is 25.8. The summed E-state index contributed by atoms with van der Waals surface area (Å²) in [5, 5.41) is 0. The van der Waals surface area contributed by atoms with Crippen molar-refractivity contribution in [2.45, 2.75) is 110 Å². The average Bonchev–Trinajstić information content (AvgIpc) is 3.52. The van der Waals surface area contributed by atoms with Crippen LogP contribution in [0.5, 0.6) is 0 Å². The van der Waals surface area contributed by atoms with Crippen LogP contribution in [-0.2, 0) is 39.7 Å². The second-order valence-electron chi connectivity index (χ2n) is 13.9. The maximum absolute atomic E-state index is 14.4. The first-order valence-corrected chi connectivity index (χ1v) is 23.0. The Hall–Kier alpha value is -1.84. The fraction of sp³-hybridized carbons (Fsp3) is 0.625. The first-order valence-electron chi connectivity index (χ1n) is 16.4. The number of hydrogen-bond acceptors (Lipinski definition) is 8. The predicted molar refractivity (Wildman–Crippen MR) is 175 cm³/mol. The highest BCUT2D eigenvalue weighted by molar-refractivity contribution is 7.93. The van der Waals surface area contributed by atoms with Crippen molar-refractivity contribution in [3.05, 3.63) is 59.7 Å². The molecule has 7 rings (SSSR count). The highest BCUT2D eigenvalue weighted by Gasteiger charge is 2.63. The Kier molecular flexibility index (Phi) is 8.49.